The van der Waals surface area contributed by atoms with Gasteiger partial charge in [-0.1, -0.05) is 26.7 Å². The number of rotatable bonds is 3. The van der Waals surface area contributed by atoms with Gasteiger partial charge < -0.3 is 0 Å². The minimum atomic E-state index is -3.29. The molecule has 1 saturated carbocycles. The molecule has 0 aromatic carbocycles. The smallest absolute Gasteiger partial charge is 0.212 e. The van der Waals surface area contributed by atoms with Crippen molar-refractivity contribution < 1.29 is 8.42 Å². The van der Waals surface area contributed by atoms with Gasteiger partial charge in [-0.2, -0.15) is 0 Å². The van der Waals surface area contributed by atoms with Crippen molar-refractivity contribution in [3.63, 3.8) is 0 Å². The standard InChI is InChI=1S/C10H19ClO2S/c1-10(2)6-3-4-9(8-10)5-7-14(11,12)13/h9H,3-8H2,1-2H3. The average Bonchev–Trinajstić information content (AvgIpc) is 1.98. The topological polar surface area (TPSA) is 34.1 Å². The molecular formula is C10H19ClO2S. The van der Waals surface area contributed by atoms with E-state index in [1.54, 1.807) is 0 Å². The molecule has 84 valence electrons. The van der Waals surface area contributed by atoms with Gasteiger partial charge >= 0.3 is 0 Å². The fourth-order valence-corrected chi connectivity index (χ4v) is 3.29. The van der Waals surface area contributed by atoms with E-state index in [1.807, 2.05) is 0 Å². The molecule has 0 aromatic heterocycles. The molecule has 1 atom stereocenters. The van der Waals surface area contributed by atoms with Crippen LogP contribution in [0.4, 0.5) is 0 Å². The van der Waals surface area contributed by atoms with Crippen LogP contribution < -0.4 is 0 Å². The molecule has 2 nitrogen and oxygen atoms in total. The zero-order valence-electron chi connectivity index (χ0n) is 8.92. The fraction of sp³-hybridized carbons (Fsp3) is 1.00. The summed E-state index contributed by atoms with van der Waals surface area (Å²) in [5.74, 6) is 0.683. The third kappa shape index (κ3) is 4.65. The summed E-state index contributed by atoms with van der Waals surface area (Å²) in [6.45, 7) is 4.52. The second-order valence-corrected chi connectivity index (χ2v) is 8.05. The lowest BCUT2D eigenvalue weighted by molar-refractivity contribution is 0.177. The molecule has 1 fully saturated rings. The summed E-state index contributed by atoms with van der Waals surface area (Å²) < 4.78 is 21.6. The van der Waals surface area contributed by atoms with Crippen LogP contribution in [0.15, 0.2) is 0 Å². The summed E-state index contributed by atoms with van der Waals surface area (Å²) >= 11 is 0. The van der Waals surface area contributed by atoms with Crippen molar-refractivity contribution in [2.45, 2.75) is 46.0 Å². The van der Waals surface area contributed by atoms with Crippen LogP contribution >= 0.6 is 10.7 Å². The fourth-order valence-electron chi connectivity index (χ4n) is 2.41. The second kappa shape index (κ2) is 4.40. The largest absolute Gasteiger partial charge is 0.232 e. The highest BCUT2D eigenvalue weighted by atomic mass is 35.7. The lowest BCUT2D eigenvalue weighted by Gasteiger charge is -2.35. The highest BCUT2D eigenvalue weighted by molar-refractivity contribution is 8.13. The van der Waals surface area contributed by atoms with Crippen LogP contribution in [0.3, 0.4) is 0 Å². The summed E-state index contributed by atoms with van der Waals surface area (Å²) in [4.78, 5) is 0. The van der Waals surface area contributed by atoms with Crippen LogP contribution in [0, 0.1) is 11.3 Å². The van der Waals surface area contributed by atoms with E-state index in [4.69, 9.17) is 10.7 Å². The van der Waals surface area contributed by atoms with Crippen molar-refractivity contribution in [3.8, 4) is 0 Å². The molecule has 1 rings (SSSR count). The molecule has 0 aromatic rings. The summed E-state index contributed by atoms with van der Waals surface area (Å²) in [6, 6.07) is 0. The van der Waals surface area contributed by atoms with Gasteiger partial charge in [0.2, 0.25) is 9.05 Å². The molecule has 14 heavy (non-hydrogen) atoms. The number of hydrogen-bond acceptors (Lipinski definition) is 2. The Balaban J connectivity index is 2.39. The van der Waals surface area contributed by atoms with E-state index in [0.29, 0.717) is 11.3 Å². The van der Waals surface area contributed by atoms with Gasteiger partial charge in [0.25, 0.3) is 0 Å². The van der Waals surface area contributed by atoms with Crippen LogP contribution in [-0.4, -0.2) is 14.2 Å². The molecule has 0 bridgehead atoms. The predicted molar refractivity (Wildman–Crippen MR) is 60.0 cm³/mol. The van der Waals surface area contributed by atoms with E-state index < -0.39 is 9.05 Å². The first-order valence-corrected chi connectivity index (χ1v) is 7.69. The third-order valence-electron chi connectivity index (χ3n) is 3.08. The first-order chi connectivity index (χ1) is 6.29. The lowest BCUT2D eigenvalue weighted by atomic mass is 9.71. The summed E-state index contributed by atoms with van der Waals surface area (Å²) in [7, 11) is 1.91. The minimum absolute atomic E-state index is 0.134. The quantitative estimate of drug-likeness (QED) is 0.708. The highest BCUT2D eigenvalue weighted by Crippen LogP contribution is 2.39. The van der Waals surface area contributed by atoms with Crippen LogP contribution in [0.5, 0.6) is 0 Å². The molecule has 1 aliphatic rings. The number of halogens is 1. The van der Waals surface area contributed by atoms with E-state index in [1.165, 1.54) is 12.8 Å². The van der Waals surface area contributed by atoms with Crippen molar-refractivity contribution in [2.75, 3.05) is 5.75 Å². The van der Waals surface area contributed by atoms with Crippen LogP contribution in [-0.2, 0) is 9.05 Å². The molecular weight excluding hydrogens is 220 g/mol. The molecule has 0 spiro atoms. The van der Waals surface area contributed by atoms with E-state index in [2.05, 4.69) is 13.8 Å². The molecule has 1 unspecified atom stereocenters. The van der Waals surface area contributed by atoms with E-state index in [0.717, 1.165) is 19.3 Å². The van der Waals surface area contributed by atoms with Crippen LogP contribution in [0.1, 0.15) is 46.0 Å². The molecule has 1 aliphatic carbocycles. The van der Waals surface area contributed by atoms with Crippen molar-refractivity contribution in [1.82, 2.24) is 0 Å². The van der Waals surface area contributed by atoms with Gasteiger partial charge in [-0.05, 0) is 30.6 Å². The maximum absolute atomic E-state index is 10.8. The van der Waals surface area contributed by atoms with Crippen molar-refractivity contribution in [3.05, 3.63) is 0 Å². The van der Waals surface area contributed by atoms with E-state index in [-0.39, 0.29) is 5.75 Å². The van der Waals surface area contributed by atoms with Crippen molar-refractivity contribution in [1.29, 1.82) is 0 Å². The van der Waals surface area contributed by atoms with Gasteiger partial charge in [-0.3, -0.25) is 0 Å². The lowest BCUT2D eigenvalue weighted by Crippen LogP contribution is -2.23. The second-order valence-electron chi connectivity index (χ2n) is 5.16. The van der Waals surface area contributed by atoms with Crippen molar-refractivity contribution in [2.24, 2.45) is 11.3 Å². The summed E-state index contributed by atoms with van der Waals surface area (Å²) in [5.41, 5.74) is 0.388. The Labute approximate surface area is 91.5 Å². The molecule has 0 aliphatic heterocycles. The zero-order valence-corrected chi connectivity index (χ0v) is 10.5. The molecule has 4 heteroatoms. The average molecular weight is 239 g/mol. The maximum atomic E-state index is 10.8. The number of hydrogen-bond donors (Lipinski definition) is 0. The Bertz CT molecular complexity index is 282. The molecule has 0 saturated heterocycles. The molecule has 0 amide bonds. The van der Waals surface area contributed by atoms with Gasteiger partial charge in [0.15, 0.2) is 0 Å². The molecule has 0 radical (unpaired) electrons. The first-order valence-electron chi connectivity index (χ1n) is 5.21. The zero-order chi connectivity index (χ0) is 10.8. The normalized spacial score (nSPS) is 27.5. The highest BCUT2D eigenvalue weighted by Gasteiger charge is 2.28. The monoisotopic (exact) mass is 238 g/mol. The van der Waals surface area contributed by atoms with Gasteiger partial charge in [0, 0.05) is 10.7 Å². The minimum Gasteiger partial charge on any atom is -0.212 e. The maximum Gasteiger partial charge on any atom is 0.232 e. The predicted octanol–water partition coefficient (Wildman–Crippen LogP) is 3.16. The summed E-state index contributed by atoms with van der Waals surface area (Å²) in [5, 5.41) is 0. The van der Waals surface area contributed by atoms with Gasteiger partial charge in [-0.25, -0.2) is 8.42 Å². The van der Waals surface area contributed by atoms with Gasteiger partial charge in [-0.15, -0.1) is 0 Å². The van der Waals surface area contributed by atoms with Crippen molar-refractivity contribution >= 4 is 19.7 Å². The van der Waals surface area contributed by atoms with Crippen LogP contribution in [0.2, 0.25) is 0 Å². The van der Waals surface area contributed by atoms with Gasteiger partial charge in [0.05, 0.1) is 5.75 Å². The Morgan fingerprint density at radius 1 is 1.43 bits per heavy atom. The molecule has 0 heterocycles. The van der Waals surface area contributed by atoms with Gasteiger partial charge in [0.1, 0.15) is 0 Å². The Morgan fingerprint density at radius 3 is 2.57 bits per heavy atom. The van der Waals surface area contributed by atoms with E-state index in [9.17, 15) is 8.42 Å². The Hall–Kier alpha value is 0.240. The third-order valence-corrected chi connectivity index (χ3v) is 4.26. The SMILES string of the molecule is CC1(C)CCCC(CCS(=O)(=O)Cl)C1. The Morgan fingerprint density at radius 2 is 2.07 bits per heavy atom. The Kier molecular flexibility index (Phi) is 3.87. The summed E-state index contributed by atoms with van der Waals surface area (Å²) in [6.07, 6.45) is 5.52. The molecule has 0 N–H and O–H groups in total. The first kappa shape index (κ1) is 12.3. The van der Waals surface area contributed by atoms with Crippen LogP contribution in [0.25, 0.3) is 0 Å². The van der Waals surface area contributed by atoms with E-state index >= 15 is 0 Å².